The molecular weight excluding hydrogens is 218 g/mol. The van der Waals surface area contributed by atoms with Crippen molar-refractivity contribution < 1.29 is 19.4 Å². The lowest BCUT2D eigenvalue weighted by Crippen LogP contribution is -2.33. The minimum Gasteiger partial charge on any atom is -0.477 e. The second-order valence-electron chi connectivity index (χ2n) is 3.11. The summed E-state index contributed by atoms with van der Waals surface area (Å²) in [6.45, 7) is 0.269. The number of rotatable bonds is 4. The van der Waals surface area contributed by atoms with Gasteiger partial charge in [-0.15, -0.1) is 0 Å². The average Bonchev–Trinajstić information content (AvgIpc) is 2.61. The summed E-state index contributed by atoms with van der Waals surface area (Å²) >= 11 is 3.93. The number of hydrogen-bond acceptors (Lipinski definition) is 4. The molecule has 0 spiro atoms. The summed E-state index contributed by atoms with van der Waals surface area (Å²) in [4.78, 5) is 23.6. The molecule has 1 amide bonds. The van der Waals surface area contributed by atoms with Gasteiger partial charge in [0.15, 0.2) is 0 Å². The molecule has 0 fully saturated rings. The zero-order valence-electron chi connectivity index (χ0n) is 8.34. The molecule has 0 saturated carbocycles. The number of hydrogen-bond donors (Lipinski definition) is 2. The second kappa shape index (κ2) is 5.18. The molecule has 84 valence electrons. The predicted molar refractivity (Wildman–Crippen MR) is 56.7 cm³/mol. The Bertz CT molecular complexity index is 302. The van der Waals surface area contributed by atoms with Crippen LogP contribution in [-0.2, 0) is 14.3 Å². The molecule has 0 bridgehead atoms. The minimum atomic E-state index is -1.11. The van der Waals surface area contributed by atoms with Crippen molar-refractivity contribution in [2.24, 2.45) is 0 Å². The number of thiol groups is 1. The van der Waals surface area contributed by atoms with Crippen molar-refractivity contribution in [3.8, 4) is 0 Å². The Morgan fingerprint density at radius 1 is 1.73 bits per heavy atom. The van der Waals surface area contributed by atoms with Crippen LogP contribution in [-0.4, -0.2) is 47.4 Å². The monoisotopic (exact) mass is 231 g/mol. The zero-order chi connectivity index (χ0) is 11.4. The van der Waals surface area contributed by atoms with Gasteiger partial charge in [-0.2, -0.15) is 12.6 Å². The molecule has 0 aromatic carbocycles. The highest BCUT2D eigenvalue weighted by atomic mass is 32.1. The van der Waals surface area contributed by atoms with E-state index < -0.39 is 5.97 Å². The van der Waals surface area contributed by atoms with Gasteiger partial charge in [-0.25, -0.2) is 4.79 Å². The number of aliphatic carboxylic acids is 1. The molecule has 0 saturated heterocycles. The Kier molecular flexibility index (Phi) is 4.16. The fourth-order valence-electron chi connectivity index (χ4n) is 1.39. The summed E-state index contributed by atoms with van der Waals surface area (Å²) in [5, 5.41) is 8.88. The summed E-state index contributed by atoms with van der Waals surface area (Å²) in [6.07, 6.45) is 1.34. The van der Waals surface area contributed by atoms with Crippen LogP contribution in [0.15, 0.2) is 11.8 Å². The maximum absolute atomic E-state index is 11.5. The molecule has 0 aromatic heterocycles. The van der Waals surface area contributed by atoms with Gasteiger partial charge in [0.25, 0.3) is 0 Å². The topological polar surface area (TPSA) is 66.8 Å². The molecular formula is C9H13NO4S. The van der Waals surface area contributed by atoms with Crippen LogP contribution >= 0.6 is 12.6 Å². The summed E-state index contributed by atoms with van der Waals surface area (Å²) in [7, 11) is 1.48. The van der Waals surface area contributed by atoms with E-state index in [-0.39, 0.29) is 30.7 Å². The SMILES string of the molecule is COC1C=C(C(=O)O)N(C(=O)CCS)C1. The normalized spacial score (nSPS) is 20.3. The molecule has 5 nitrogen and oxygen atoms in total. The fourth-order valence-corrected chi connectivity index (χ4v) is 1.58. The van der Waals surface area contributed by atoms with Crippen molar-refractivity contribution >= 4 is 24.5 Å². The first-order chi connectivity index (χ1) is 7.10. The maximum atomic E-state index is 11.5. The van der Waals surface area contributed by atoms with E-state index in [1.807, 2.05) is 0 Å². The standard InChI is InChI=1S/C9H13NO4S/c1-14-6-4-7(9(12)13)10(5-6)8(11)2-3-15/h4,6,15H,2-3,5H2,1H3,(H,12,13). The Morgan fingerprint density at radius 2 is 2.40 bits per heavy atom. The Labute approximate surface area is 93.1 Å². The third kappa shape index (κ3) is 2.73. The van der Waals surface area contributed by atoms with E-state index in [2.05, 4.69) is 12.6 Å². The number of nitrogens with zero attached hydrogens (tertiary/aromatic N) is 1. The van der Waals surface area contributed by atoms with Crippen molar-refractivity contribution in [2.75, 3.05) is 19.4 Å². The first-order valence-corrected chi connectivity index (χ1v) is 5.12. The van der Waals surface area contributed by atoms with Gasteiger partial charge >= 0.3 is 5.97 Å². The van der Waals surface area contributed by atoms with Crippen LogP contribution in [0.5, 0.6) is 0 Å². The predicted octanol–water partition coefficient (Wildman–Crippen LogP) is 0.132. The average molecular weight is 231 g/mol. The Morgan fingerprint density at radius 3 is 2.87 bits per heavy atom. The lowest BCUT2D eigenvalue weighted by molar-refractivity contribution is -0.139. The second-order valence-corrected chi connectivity index (χ2v) is 3.56. The van der Waals surface area contributed by atoms with E-state index in [9.17, 15) is 9.59 Å². The van der Waals surface area contributed by atoms with Crippen LogP contribution in [0.4, 0.5) is 0 Å². The highest BCUT2D eigenvalue weighted by molar-refractivity contribution is 7.80. The number of ether oxygens (including phenoxy) is 1. The molecule has 15 heavy (non-hydrogen) atoms. The molecule has 0 aromatic rings. The molecule has 1 heterocycles. The lowest BCUT2D eigenvalue weighted by atomic mass is 10.3. The highest BCUT2D eigenvalue weighted by Gasteiger charge is 2.31. The van der Waals surface area contributed by atoms with Crippen molar-refractivity contribution in [1.82, 2.24) is 4.90 Å². The summed E-state index contributed by atoms with van der Waals surface area (Å²) in [5.41, 5.74) is -0.00590. The van der Waals surface area contributed by atoms with Gasteiger partial charge in [-0.3, -0.25) is 4.79 Å². The van der Waals surface area contributed by atoms with E-state index in [4.69, 9.17) is 9.84 Å². The van der Waals surface area contributed by atoms with Gasteiger partial charge in [-0.05, 0) is 11.8 Å². The van der Waals surface area contributed by atoms with Crippen LogP contribution in [0, 0.1) is 0 Å². The van der Waals surface area contributed by atoms with Crippen molar-refractivity contribution in [1.29, 1.82) is 0 Å². The van der Waals surface area contributed by atoms with Crippen LogP contribution in [0.25, 0.3) is 0 Å². The lowest BCUT2D eigenvalue weighted by Gasteiger charge is -2.18. The van der Waals surface area contributed by atoms with Crippen LogP contribution in [0.3, 0.4) is 0 Å². The maximum Gasteiger partial charge on any atom is 0.352 e. The molecule has 0 aliphatic carbocycles. The van der Waals surface area contributed by atoms with Crippen molar-refractivity contribution in [2.45, 2.75) is 12.5 Å². The summed E-state index contributed by atoms with van der Waals surface area (Å²) in [5.74, 6) is -0.944. The Hall–Kier alpha value is -1.01. The molecule has 0 radical (unpaired) electrons. The molecule has 1 aliphatic rings. The summed E-state index contributed by atoms with van der Waals surface area (Å²) in [6, 6.07) is 0. The van der Waals surface area contributed by atoms with Gasteiger partial charge in [0.1, 0.15) is 5.70 Å². The number of amides is 1. The zero-order valence-corrected chi connectivity index (χ0v) is 9.24. The molecule has 1 atom stereocenters. The fraction of sp³-hybridized carbons (Fsp3) is 0.556. The van der Waals surface area contributed by atoms with Crippen molar-refractivity contribution in [3.05, 3.63) is 11.8 Å². The van der Waals surface area contributed by atoms with Crippen LogP contribution < -0.4 is 0 Å². The third-order valence-corrected chi connectivity index (χ3v) is 2.37. The number of carboxylic acids is 1. The van der Waals surface area contributed by atoms with E-state index >= 15 is 0 Å². The number of methoxy groups -OCH3 is 1. The van der Waals surface area contributed by atoms with Gasteiger partial charge in [0.2, 0.25) is 5.91 Å². The highest BCUT2D eigenvalue weighted by Crippen LogP contribution is 2.18. The third-order valence-electron chi connectivity index (χ3n) is 2.15. The molecule has 1 aliphatic heterocycles. The van der Waals surface area contributed by atoms with Crippen molar-refractivity contribution in [3.63, 3.8) is 0 Å². The molecule has 1 N–H and O–H groups in total. The Balaban J connectivity index is 2.78. The number of carbonyl (C=O) groups excluding carboxylic acids is 1. The van der Waals surface area contributed by atoms with Crippen LogP contribution in [0.1, 0.15) is 6.42 Å². The van der Waals surface area contributed by atoms with Crippen LogP contribution in [0.2, 0.25) is 0 Å². The van der Waals surface area contributed by atoms with Gasteiger partial charge in [0.05, 0.1) is 12.6 Å². The van der Waals surface area contributed by atoms with E-state index in [1.165, 1.54) is 18.1 Å². The quantitative estimate of drug-likeness (QED) is 0.675. The van der Waals surface area contributed by atoms with Gasteiger partial charge in [-0.1, -0.05) is 0 Å². The van der Waals surface area contributed by atoms with E-state index in [0.717, 1.165) is 0 Å². The van der Waals surface area contributed by atoms with E-state index in [1.54, 1.807) is 0 Å². The first kappa shape index (κ1) is 12.1. The molecule has 6 heteroatoms. The van der Waals surface area contributed by atoms with E-state index in [0.29, 0.717) is 5.75 Å². The molecule has 1 unspecified atom stereocenters. The number of carboxylic acid groups (broad SMARTS) is 1. The first-order valence-electron chi connectivity index (χ1n) is 4.49. The molecule has 1 rings (SSSR count). The van der Waals surface area contributed by atoms with Gasteiger partial charge < -0.3 is 14.7 Å². The summed E-state index contributed by atoms with van der Waals surface area (Å²) < 4.78 is 5.00. The number of carbonyl (C=O) groups is 2. The minimum absolute atomic E-state index is 0.00590. The van der Waals surface area contributed by atoms with Gasteiger partial charge in [0, 0.05) is 13.5 Å². The smallest absolute Gasteiger partial charge is 0.352 e. The largest absolute Gasteiger partial charge is 0.477 e.